The minimum absolute atomic E-state index is 0.271. The largest absolute Gasteiger partial charge is 0.489 e. The van der Waals surface area contributed by atoms with E-state index in [0.717, 1.165) is 11.1 Å². The van der Waals surface area contributed by atoms with Gasteiger partial charge in [-0.1, -0.05) is 31.2 Å². The highest BCUT2D eigenvalue weighted by Gasteiger charge is 2.11. The lowest BCUT2D eigenvalue weighted by atomic mass is 10.1. The number of nitrogens with two attached hydrogens (primary N) is 1. The molecule has 0 saturated heterocycles. The third kappa shape index (κ3) is 5.38. The third-order valence-corrected chi connectivity index (χ3v) is 3.52. The van der Waals surface area contributed by atoms with E-state index < -0.39 is 0 Å². The van der Waals surface area contributed by atoms with Crippen LogP contribution >= 0.6 is 0 Å². The first kappa shape index (κ1) is 17.0. The van der Waals surface area contributed by atoms with Gasteiger partial charge in [-0.15, -0.1) is 0 Å². The van der Waals surface area contributed by atoms with Crippen LogP contribution in [0.25, 0.3) is 0 Å². The average Bonchev–Trinajstić information content (AvgIpc) is 2.54. The number of carbonyl (C=O) groups is 1. The van der Waals surface area contributed by atoms with Gasteiger partial charge in [-0.25, -0.2) is 4.39 Å². The summed E-state index contributed by atoms with van der Waals surface area (Å²) in [6.45, 7) is 2.78. The molecule has 4 nitrogen and oxygen atoms in total. The van der Waals surface area contributed by atoms with E-state index in [-0.39, 0.29) is 17.8 Å². The highest BCUT2D eigenvalue weighted by atomic mass is 19.1. The van der Waals surface area contributed by atoms with E-state index in [1.807, 2.05) is 37.3 Å². The van der Waals surface area contributed by atoms with Crippen molar-refractivity contribution in [3.05, 3.63) is 65.5 Å². The van der Waals surface area contributed by atoms with Crippen molar-refractivity contribution < 1.29 is 13.9 Å². The molecule has 1 atom stereocenters. The molecular formula is C18H21FN2O2. The van der Waals surface area contributed by atoms with Crippen LogP contribution in [0.5, 0.6) is 5.75 Å². The van der Waals surface area contributed by atoms with Gasteiger partial charge >= 0.3 is 0 Å². The Labute approximate surface area is 135 Å². The van der Waals surface area contributed by atoms with Crippen LogP contribution in [0.1, 0.15) is 24.5 Å². The molecule has 0 radical (unpaired) electrons. The number of benzene rings is 2. The zero-order valence-electron chi connectivity index (χ0n) is 13.1. The van der Waals surface area contributed by atoms with E-state index in [9.17, 15) is 9.18 Å². The second-order valence-electron chi connectivity index (χ2n) is 5.31. The number of rotatable bonds is 8. The predicted molar refractivity (Wildman–Crippen MR) is 87.3 cm³/mol. The second-order valence-corrected chi connectivity index (χ2v) is 5.31. The summed E-state index contributed by atoms with van der Waals surface area (Å²) in [6.07, 6.45) is 0.657. The molecule has 0 aliphatic rings. The van der Waals surface area contributed by atoms with Crippen molar-refractivity contribution in [1.29, 1.82) is 0 Å². The van der Waals surface area contributed by atoms with Crippen LogP contribution in [0, 0.1) is 5.82 Å². The monoisotopic (exact) mass is 316 g/mol. The summed E-state index contributed by atoms with van der Waals surface area (Å²) in [5, 5.41) is 3.11. The van der Waals surface area contributed by atoms with Crippen LogP contribution in [0.4, 0.5) is 4.39 Å². The fourth-order valence-electron chi connectivity index (χ4n) is 2.18. The first-order valence-corrected chi connectivity index (χ1v) is 7.57. The molecule has 0 heterocycles. The van der Waals surface area contributed by atoms with E-state index in [2.05, 4.69) is 5.32 Å². The fraction of sp³-hybridized carbons (Fsp3) is 0.278. The minimum Gasteiger partial charge on any atom is -0.489 e. The van der Waals surface area contributed by atoms with Gasteiger partial charge in [-0.05, 0) is 41.8 Å². The van der Waals surface area contributed by atoms with Crippen LogP contribution < -0.4 is 15.8 Å². The SMILES string of the molecule is CC[C@H](NCc1ccc(OCc2cccc(F)c2)cc1)C(N)=O. The van der Waals surface area contributed by atoms with E-state index in [1.54, 1.807) is 6.07 Å². The smallest absolute Gasteiger partial charge is 0.234 e. The summed E-state index contributed by atoms with van der Waals surface area (Å²) in [6, 6.07) is 13.5. The van der Waals surface area contributed by atoms with Gasteiger partial charge in [0.25, 0.3) is 0 Å². The van der Waals surface area contributed by atoms with Crippen LogP contribution in [0.15, 0.2) is 48.5 Å². The number of hydrogen-bond acceptors (Lipinski definition) is 3. The molecule has 0 fully saturated rings. The summed E-state index contributed by atoms with van der Waals surface area (Å²) in [7, 11) is 0. The Balaban J connectivity index is 1.85. The van der Waals surface area contributed by atoms with Crippen molar-refractivity contribution in [3.63, 3.8) is 0 Å². The zero-order valence-corrected chi connectivity index (χ0v) is 13.1. The summed E-state index contributed by atoms with van der Waals surface area (Å²) in [5.41, 5.74) is 7.10. The van der Waals surface area contributed by atoms with E-state index >= 15 is 0 Å². The van der Waals surface area contributed by atoms with Crippen LogP contribution in [0.3, 0.4) is 0 Å². The maximum absolute atomic E-state index is 13.1. The Kier molecular flexibility index (Phi) is 6.11. The van der Waals surface area contributed by atoms with Gasteiger partial charge in [0.2, 0.25) is 5.91 Å². The molecule has 0 bridgehead atoms. The molecule has 0 aliphatic carbocycles. The van der Waals surface area contributed by atoms with Crippen molar-refractivity contribution in [3.8, 4) is 5.75 Å². The van der Waals surface area contributed by atoms with Crippen molar-refractivity contribution in [2.24, 2.45) is 5.73 Å². The molecule has 0 saturated carbocycles. The lowest BCUT2D eigenvalue weighted by molar-refractivity contribution is -0.120. The lowest BCUT2D eigenvalue weighted by Gasteiger charge is -2.13. The number of amides is 1. The third-order valence-electron chi connectivity index (χ3n) is 3.52. The van der Waals surface area contributed by atoms with Crippen LogP contribution in [-0.4, -0.2) is 11.9 Å². The van der Waals surface area contributed by atoms with Gasteiger partial charge < -0.3 is 15.8 Å². The topological polar surface area (TPSA) is 64.3 Å². The molecule has 2 rings (SSSR count). The molecule has 0 aliphatic heterocycles. The number of ether oxygens (including phenoxy) is 1. The Morgan fingerprint density at radius 2 is 1.96 bits per heavy atom. The summed E-state index contributed by atoms with van der Waals surface area (Å²) in [5.74, 6) is 0.0925. The van der Waals surface area contributed by atoms with Gasteiger partial charge in [0, 0.05) is 6.54 Å². The Hall–Kier alpha value is -2.40. The minimum atomic E-state index is -0.345. The molecule has 0 aromatic heterocycles. The fourth-order valence-corrected chi connectivity index (χ4v) is 2.18. The van der Waals surface area contributed by atoms with E-state index in [1.165, 1.54) is 12.1 Å². The molecular weight excluding hydrogens is 295 g/mol. The summed E-state index contributed by atoms with van der Waals surface area (Å²) in [4.78, 5) is 11.2. The normalized spacial score (nSPS) is 11.9. The predicted octanol–water partition coefficient (Wildman–Crippen LogP) is 2.76. The maximum Gasteiger partial charge on any atom is 0.234 e. The molecule has 23 heavy (non-hydrogen) atoms. The van der Waals surface area contributed by atoms with Gasteiger partial charge in [0.15, 0.2) is 0 Å². The molecule has 2 aromatic rings. The Morgan fingerprint density at radius 3 is 2.57 bits per heavy atom. The molecule has 0 spiro atoms. The second kappa shape index (κ2) is 8.29. The molecule has 5 heteroatoms. The van der Waals surface area contributed by atoms with Crippen molar-refractivity contribution in [1.82, 2.24) is 5.32 Å². The number of halogens is 1. The van der Waals surface area contributed by atoms with Gasteiger partial charge in [-0.3, -0.25) is 4.79 Å². The zero-order chi connectivity index (χ0) is 16.7. The molecule has 0 unspecified atom stereocenters. The standard InChI is InChI=1S/C18H21FN2O2/c1-2-17(18(20)22)21-11-13-6-8-16(9-7-13)23-12-14-4-3-5-15(19)10-14/h3-10,17,21H,2,11-12H2,1H3,(H2,20,22)/t17-/m0/s1. The average molecular weight is 316 g/mol. The molecule has 2 aromatic carbocycles. The van der Waals surface area contributed by atoms with Crippen molar-refractivity contribution >= 4 is 5.91 Å². The van der Waals surface area contributed by atoms with Gasteiger partial charge in [0.05, 0.1) is 6.04 Å². The van der Waals surface area contributed by atoms with Crippen molar-refractivity contribution in [2.45, 2.75) is 32.5 Å². The molecule has 3 N–H and O–H groups in total. The number of hydrogen-bond donors (Lipinski definition) is 2. The van der Waals surface area contributed by atoms with Crippen LogP contribution in [0.2, 0.25) is 0 Å². The first-order chi connectivity index (χ1) is 11.1. The lowest BCUT2D eigenvalue weighted by Crippen LogP contribution is -2.40. The maximum atomic E-state index is 13.1. The van der Waals surface area contributed by atoms with Crippen molar-refractivity contribution in [2.75, 3.05) is 0 Å². The van der Waals surface area contributed by atoms with Crippen LogP contribution in [-0.2, 0) is 17.9 Å². The van der Waals surface area contributed by atoms with E-state index in [0.29, 0.717) is 25.3 Å². The number of primary amides is 1. The number of nitrogens with one attached hydrogen (secondary N) is 1. The molecule has 122 valence electrons. The number of carbonyl (C=O) groups excluding carboxylic acids is 1. The Bertz CT molecular complexity index is 644. The first-order valence-electron chi connectivity index (χ1n) is 7.57. The highest BCUT2D eigenvalue weighted by molar-refractivity contribution is 5.79. The van der Waals surface area contributed by atoms with Gasteiger partial charge in [-0.2, -0.15) is 0 Å². The Morgan fingerprint density at radius 1 is 1.22 bits per heavy atom. The van der Waals surface area contributed by atoms with Gasteiger partial charge in [0.1, 0.15) is 18.2 Å². The quantitative estimate of drug-likeness (QED) is 0.787. The summed E-state index contributed by atoms with van der Waals surface area (Å²) >= 11 is 0. The highest BCUT2D eigenvalue weighted by Crippen LogP contribution is 2.15. The molecule has 1 amide bonds. The van der Waals surface area contributed by atoms with E-state index in [4.69, 9.17) is 10.5 Å². The summed E-state index contributed by atoms with van der Waals surface area (Å²) < 4.78 is 18.7.